The number of carbonyl (C=O) groups is 2. The van der Waals surface area contributed by atoms with E-state index in [2.05, 4.69) is 29.5 Å². The summed E-state index contributed by atoms with van der Waals surface area (Å²) >= 11 is 0. The van der Waals surface area contributed by atoms with Crippen molar-refractivity contribution in [1.29, 1.82) is 0 Å². The zero-order chi connectivity index (χ0) is 15.3. The van der Waals surface area contributed by atoms with Crippen LogP contribution in [-0.4, -0.2) is 54.7 Å². The average Bonchev–Trinajstić information content (AvgIpc) is 2.39. The maximum absolute atomic E-state index is 11.9. The number of carbonyl (C=O) groups excluding carboxylic acids is 1. The smallest absolute Gasteiger partial charge is 0.315 e. The van der Waals surface area contributed by atoms with Crippen molar-refractivity contribution in [3.63, 3.8) is 0 Å². The van der Waals surface area contributed by atoms with E-state index in [4.69, 9.17) is 5.11 Å². The van der Waals surface area contributed by atoms with Crippen LogP contribution in [0.5, 0.6) is 0 Å². The number of likely N-dealkylation sites (tertiary alicyclic amines) is 1. The lowest BCUT2D eigenvalue weighted by atomic mass is 9.88. The van der Waals surface area contributed by atoms with Gasteiger partial charge in [0.05, 0.1) is 5.41 Å². The molecule has 1 fully saturated rings. The molecule has 1 heterocycles. The number of piperidine rings is 1. The van der Waals surface area contributed by atoms with Crippen LogP contribution in [0.4, 0.5) is 4.79 Å². The lowest BCUT2D eigenvalue weighted by molar-refractivity contribution is -0.147. The van der Waals surface area contributed by atoms with E-state index in [9.17, 15) is 9.59 Å². The van der Waals surface area contributed by atoms with Gasteiger partial charge < -0.3 is 20.6 Å². The van der Waals surface area contributed by atoms with Crippen molar-refractivity contribution in [1.82, 2.24) is 15.5 Å². The second-order valence-corrected chi connectivity index (χ2v) is 6.18. The molecule has 1 aliphatic rings. The first-order chi connectivity index (χ1) is 9.28. The van der Waals surface area contributed by atoms with E-state index in [1.807, 2.05) is 6.92 Å². The van der Waals surface area contributed by atoms with Crippen molar-refractivity contribution in [2.24, 2.45) is 11.3 Å². The number of aliphatic carboxylic acids is 1. The monoisotopic (exact) mass is 285 g/mol. The number of amides is 2. The largest absolute Gasteiger partial charge is 0.481 e. The summed E-state index contributed by atoms with van der Waals surface area (Å²) in [5.74, 6) is -0.482. The minimum atomic E-state index is -0.907. The van der Waals surface area contributed by atoms with Crippen molar-refractivity contribution in [2.75, 3.05) is 26.7 Å². The second-order valence-electron chi connectivity index (χ2n) is 6.18. The molecule has 1 rings (SSSR count). The van der Waals surface area contributed by atoms with Gasteiger partial charge >= 0.3 is 12.0 Å². The van der Waals surface area contributed by atoms with Crippen LogP contribution in [0, 0.1) is 11.3 Å². The summed E-state index contributed by atoms with van der Waals surface area (Å²) in [6.45, 7) is 7.66. The number of carboxylic acids is 1. The molecule has 0 aliphatic carbocycles. The molecule has 2 amide bonds. The molecule has 0 aromatic rings. The van der Waals surface area contributed by atoms with Gasteiger partial charge in [0, 0.05) is 19.1 Å². The normalized spacial score (nSPS) is 26.6. The summed E-state index contributed by atoms with van der Waals surface area (Å²) in [5, 5.41) is 14.8. The van der Waals surface area contributed by atoms with Gasteiger partial charge in [-0.15, -0.1) is 0 Å². The van der Waals surface area contributed by atoms with E-state index in [0.29, 0.717) is 12.3 Å². The van der Waals surface area contributed by atoms with Crippen molar-refractivity contribution in [3.8, 4) is 0 Å². The van der Waals surface area contributed by atoms with Gasteiger partial charge in [-0.25, -0.2) is 4.79 Å². The number of rotatable bonds is 5. The van der Waals surface area contributed by atoms with Crippen LogP contribution in [0.3, 0.4) is 0 Å². The molecule has 116 valence electrons. The SMILES string of the molecule is CCC(C)(CNC(=O)NC1CCN(C)CC1C)C(=O)O. The van der Waals surface area contributed by atoms with Crippen LogP contribution in [-0.2, 0) is 4.79 Å². The zero-order valence-electron chi connectivity index (χ0n) is 12.9. The van der Waals surface area contributed by atoms with Crippen LogP contribution < -0.4 is 10.6 Å². The summed E-state index contributed by atoms with van der Waals surface area (Å²) in [7, 11) is 2.08. The molecular weight excluding hydrogens is 258 g/mol. The highest BCUT2D eigenvalue weighted by atomic mass is 16.4. The number of hydrogen-bond donors (Lipinski definition) is 3. The Morgan fingerprint density at radius 2 is 2.10 bits per heavy atom. The molecule has 3 unspecified atom stereocenters. The van der Waals surface area contributed by atoms with Gasteiger partial charge in [0.2, 0.25) is 0 Å². The first kappa shape index (κ1) is 16.8. The topological polar surface area (TPSA) is 81.7 Å². The van der Waals surface area contributed by atoms with Crippen LogP contribution in [0.15, 0.2) is 0 Å². The number of nitrogens with one attached hydrogen (secondary N) is 2. The molecule has 0 spiro atoms. The van der Waals surface area contributed by atoms with Crippen LogP contribution in [0.25, 0.3) is 0 Å². The minimum absolute atomic E-state index is 0.145. The Balaban J connectivity index is 2.42. The predicted octanol–water partition coefficient (Wildman–Crippen LogP) is 1.13. The number of hydrogen-bond acceptors (Lipinski definition) is 3. The van der Waals surface area contributed by atoms with Gasteiger partial charge in [-0.05, 0) is 39.3 Å². The fourth-order valence-electron chi connectivity index (χ4n) is 2.42. The fourth-order valence-corrected chi connectivity index (χ4v) is 2.42. The number of nitrogens with zero attached hydrogens (tertiary/aromatic N) is 1. The third-order valence-corrected chi connectivity index (χ3v) is 4.36. The molecule has 3 N–H and O–H groups in total. The highest BCUT2D eigenvalue weighted by Gasteiger charge is 2.32. The lowest BCUT2D eigenvalue weighted by Gasteiger charge is -2.35. The summed E-state index contributed by atoms with van der Waals surface area (Å²) in [4.78, 5) is 25.3. The summed E-state index contributed by atoms with van der Waals surface area (Å²) in [5.41, 5.74) is -0.907. The molecule has 6 heteroatoms. The van der Waals surface area contributed by atoms with E-state index in [1.165, 1.54) is 0 Å². The van der Waals surface area contributed by atoms with Gasteiger partial charge in [-0.2, -0.15) is 0 Å². The van der Waals surface area contributed by atoms with Gasteiger partial charge in [0.15, 0.2) is 0 Å². The first-order valence-corrected chi connectivity index (χ1v) is 7.25. The maximum atomic E-state index is 11.9. The molecule has 0 bridgehead atoms. The van der Waals surface area contributed by atoms with E-state index in [1.54, 1.807) is 6.92 Å². The van der Waals surface area contributed by atoms with Gasteiger partial charge in [-0.1, -0.05) is 13.8 Å². The standard InChI is InChI=1S/C14H27N3O3/c1-5-14(3,12(18)19)9-15-13(20)16-11-6-7-17(4)8-10(11)2/h10-11H,5-9H2,1-4H3,(H,18,19)(H2,15,16,20). The molecule has 0 saturated carbocycles. The summed E-state index contributed by atoms with van der Waals surface area (Å²) in [6.07, 6.45) is 1.41. The fraction of sp³-hybridized carbons (Fsp3) is 0.857. The van der Waals surface area contributed by atoms with Crippen LogP contribution in [0.2, 0.25) is 0 Å². The average molecular weight is 285 g/mol. The maximum Gasteiger partial charge on any atom is 0.315 e. The number of urea groups is 1. The molecule has 0 aromatic carbocycles. The highest BCUT2D eigenvalue weighted by molar-refractivity contribution is 5.77. The minimum Gasteiger partial charge on any atom is -0.481 e. The van der Waals surface area contributed by atoms with E-state index in [-0.39, 0.29) is 18.6 Å². The van der Waals surface area contributed by atoms with Crippen molar-refractivity contribution in [3.05, 3.63) is 0 Å². The Kier molecular flexibility index (Phi) is 5.80. The van der Waals surface area contributed by atoms with Crippen LogP contribution in [0.1, 0.15) is 33.6 Å². The van der Waals surface area contributed by atoms with Crippen molar-refractivity contribution >= 4 is 12.0 Å². The Morgan fingerprint density at radius 3 is 2.60 bits per heavy atom. The summed E-state index contributed by atoms with van der Waals surface area (Å²) in [6, 6.07) is -0.115. The first-order valence-electron chi connectivity index (χ1n) is 7.25. The third kappa shape index (κ3) is 4.37. The van der Waals surface area contributed by atoms with Crippen LogP contribution >= 0.6 is 0 Å². The lowest BCUT2D eigenvalue weighted by Crippen LogP contribution is -2.53. The Bertz CT molecular complexity index is 362. The van der Waals surface area contributed by atoms with Crippen molar-refractivity contribution < 1.29 is 14.7 Å². The van der Waals surface area contributed by atoms with Gasteiger partial charge in [-0.3, -0.25) is 4.79 Å². The van der Waals surface area contributed by atoms with E-state index in [0.717, 1.165) is 19.5 Å². The third-order valence-electron chi connectivity index (χ3n) is 4.36. The highest BCUT2D eigenvalue weighted by Crippen LogP contribution is 2.20. The zero-order valence-corrected chi connectivity index (χ0v) is 12.9. The second kappa shape index (κ2) is 6.92. The van der Waals surface area contributed by atoms with E-state index < -0.39 is 11.4 Å². The molecule has 1 aliphatic heterocycles. The van der Waals surface area contributed by atoms with Crippen molar-refractivity contribution in [2.45, 2.75) is 39.7 Å². The predicted molar refractivity (Wildman–Crippen MR) is 77.6 cm³/mol. The number of carboxylic acid groups (broad SMARTS) is 1. The molecule has 6 nitrogen and oxygen atoms in total. The molecule has 1 saturated heterocycles. The molecule has 0 aromatic heterocycles. The molecule has 3 atom stereocenters. The van der Waals surface area contributed by atoms with E-state index >= 15 is 0 Å². The Labute approximate surface area is 120 Å². The Morgan fingerprint density at radius 1 is 1.45 bits per heavy atom. The molecule has 20 heavy (non-hydrogen) atoms. The Hall–Kier alpha value is -1.30. The van der Waals surface area contributed by atoms with Gasteiger partial charge in [0.1, 0.15) is 0 Å². The van der Waals surface area contributed by atoms with Gasteiger partial charge in [0.25, 0.3) is 0 Å². The molecular formula is C14H27N3O3. The molecule has 0 radical (unpaired) electrons. The summed E-state index contributed by atoms with van der Waals surface area (Å²) < 4.78 is 0. The quantitative estimate of drug-likeness (QED) is 0.707.